The number of halogens is 1. The van der Waals surface area contributed by atoms with Gasteiger partial charge in [0.2, 0.25) is 0 Å². The number of aryl methyl sites for hydroxylation is 1. The van der Waals surface area contributed by atoms with Gasteiger partial charge in [0.1, 0.15) is 0 Å². The van der Waals surface area contributed by atoms with E-state index in [1.807, 2.05) is 13.0 Å². The maximum atomic E-state index is 10.6. The number of hydrogen-bond donors (Lipinski definition) is 0. The lowest BCUT2D eigenvalue weighted by Gasteiger charge is -2.02. The van der Waals surface area contributed by atoms with E-state index >= 15 is 0 Å². The first kappa shape index (κ1) is 10.7. The van der Waals surface area contributed by atoms with Crippen molar-refractivity contribution in [2.24, 2.45) is 0 Å². The predicted molar refractivity (Wildman–Crippen MR) is 54.9 cm³/mol. The van der Waals surface area contributed by atoms with Crippen molar-refractivity contribution in [2.45, 2.75) is 13.3 Å². The molecule has 0 atom stereocenters. The van der Waals surface area contributed by atoms with E-state index in [9.17, 15) is 10.1 Å². The van der Waals surface area contributed by atoms with Gasteiger partial charge in [-0.1, -0.05) is 15.9 Å². The number of nitrogens with zero attached hydrogens (tertiary/aromatic N) is 2. The summed E-state index contributed by atoms with van der Waals surface area (Å²) in [6, 6.07) is 5.00. The van der Waals surface area contributed by atoms with E-state index in [4.69, 9.17) is 5.26 Å². The minimum atomic E-state index is -0.475. The van der Waals surface area contributed by atoms with Gasteiger partial charge in [0, 0.05) is 16.1 Å². The van der Waals surface area contributed by atoms with Gasteiger partial charge in [-0.05, 0) is 18.6 Å². The van der Waals surface area contributed by atoms with Crippen LogP contribution >= 0.6 is 15.9 Å². The molecular weight excluding hydrogens is 248 g/mol. The smallest absolute Gasteiger partial charge is 0.258 e. The number of nitro benzene ring substituents is 1. The average molecular weight is 255 g/mol. The Balaban J connectivity index is 3.32. The molecule has 0 unspecified atom stereocenters. The molecule has 72 valence electrons. The van der Waals surface area contributed by atoms with Crippen molar-refractivity contribution < 1.29 is 4.92 Å². The summed E-state index contributed by atoms with van der Waals surface area (Å²) in [5, 5.41) is 19.1. The van der Waals surface area contributed by atoms with Gasteiger partial charge >= 0.3 is 0 Å². The van der Waals surface area contributed by atoms with Crippen LogP contribution < -0.4 is 0 Å². The number of hydrogen-bond acceptors (Lipinski definition) is 3. The number of nitro groups is 1. The Kier molecular flexibility index (Phi) is 3.20. The molecule has 1 rings (SSSR count). The van der Waals surface area contributed by atoms with Crippen molar-refractivity contribution in [3.63, 3.8) is 0 Å². The molecule has 0 fully saturated rings. The van der Waals surface area contributed by atoms with Gasteiger partial charge in [0.15, 0.2) is 0 Å². The SMILES string of the molecule is Cc1cc(CC#N)c([N+](=O)[O-])cc1Br. The zero-order valence-electron chi connectivity index (χ0n) is 7.45. The number of nitriles is 1. The van der Waals surface area contributed by atoms with Gasteiger partial charge in [-0.2, -0.15) is 5.26 Å². The fraction of sp³-hybridized carbons (Fsp3) is 0.222. The molecule has 0 spiro atoms. The standard InChI is InChI=1S/C9H7BrN2O2/c1-6-4-7(2-3-11)9(12(13)14)5-8(6)10/h4-5H,2H2,1H3. The van der Waals surface area contributed by atoms with E-state index in [1.165, 1.54) is 6.07 Å². The third kappa shape index (κ3) is 2.09. The Morgan fingerprint density at radius 1 is 1.64 bits per heavy atom. The van der Waals surface area contributed by atoms with Crippen LogP contribution in [-0.2, 0) is 6.42 Å². The summed E-state index contributed by atoms with van der Waals surface area (Å²) in [6.45, 7) is 1.83. The Hall–Kier alpha value is -1.41. The molecule has 14 heavy (non-hydrogen) atoms. The topological polar surface area (TPSA) is 66.9 Å². The average Bonchev–Trinajstić information content (AvgIpc) is 2.11. The second-order valence-electron chi connectivity index (χ2n) is 2.82. The molecule has 0 N–H and O–H groups in total. The van der Waals surface area contributed by atoms with Gasteiger partial charge in [-0.25, -0.2) is 0 Å². The maximum absolute atomic E-state index is 10.6. The van der Waals surface area contributed by atoms with Crippen LogP contribution in [0.4, 0.5) is 5.69 Å². The summed E-state index contributed by atoms with van der Waals surface area (Å²) in [4.78, 5) is 10.2. The van der Waals surface area contributed by atoms with Gasteiger partial charge in [0.25, 0.3) is 5.69 Å². The number of benzene rings is 1. The van der Waals surface area contributed by atoms with E-state index in [-0.39, 0.29) is 12.1 Å². The lowest BCUT2D eigenvalue weighted by Crippen LogP contribution is -1.96. The van der Waals surface area contributed by atoms with Crippen LogP contribution in [0.5, 0.6) is 0 Å². The van der Waals surface area contributed by atoms with Crippen LogP contribution in [0.3, 0.4) is 0 Å². The van der Waals surface area contributed by atoms with Gasteiger partial charge < -0.3 is 0 Å². The quantitative estimate of drug-likeness (QED) is 0.602. The van der Waals surface area contributed by atoms with Crippen molar-refractivity contribution in [3.05, 3.63) is 37.8 Å². The molecule has 5 heteroatoms. The first-order chi connectivity index (χ1) is 6.56. The van der Waals surface area contributed by atoms with Crippen LogP contribution in [-0.4, -0.2) is 4.92 Å². The summed E-state index contributed by atoms with van der Waals surface area (Å²) in [5.74, 6) is 0. The normalized spacial score (nSPS) is 9.50. The van der Waals surface area contributed by atoms with Crippen LogP contribution in [0.2, 0.25) is 0 Å². The minimum Gasteiger partial charge on any atom is -0.258 e. The van der Waals surface area contributed by atoms with Crippen LogP contribution in [0, 0.1) is 28.4 Å². The highest BCUT2D eigenvalue weighted by Crippen LogP contribution is 2.27. The summed E-state index contributed by atoms with van der Waals surface area (Å²) in [6.07, 6.45) is 0.0600. The molecule has 0 aromatic heterocycles. The van der Waals surface area contributed by atoms with Crippen molar-refractivity contribution >= 4 is 21.6 Å². The highest BCUT2D eigenvalue weighted by molar-refractivity contribution is 9.10. The third-order valence-electron chi connectivity index (χ3n) is 1.83. The molecule has 0 saturated carbocycles. The van der Waals surface area contributed by atoms with Gasteiger partial charge in [-0.3, -0.25) is 10.1 Å². The Bertz CT molecular complexity index is 424. The maximum Gasteiger partial charge on any atom is 0.274 e. The molecule has 0 aliphatic rings. The lowest BCUT2D eigenvalue weighted by molar-refractivity contribution is -0.385. The van der Waals surface area contributed by atoms with Crippen LogP contribution in [0.25, 0.3) is 0 Å². The van der Waals surface area contributed by atoms with Crippen molar-refractivity contribution in [2.75, 3.05) is 0 Å². The number of rotatable bonds is 2. The molecule has 0 bridgehead atoms. The molecule has 0 amide bonds. The zero-order valence-corrected chi connectivity index (χ0v) is 9.04. The molecule has 0 aliphatic heterocycles. The molecule has 0 heterocycles. The molecule has 4 nitrogen and oxygen atoms in total. The lowest BCUT2D eigenvalue weighted by atomic mass is 10.1. The molecular formula is C9H7BrN2O2. The molecule has 1 aromatic carbocycles. The van der Waals surface area contributed by atoms with E-state index in [2.05, 4.69) is 15.9 Å². The second kappa shape index (κ2) is 4.20. The Morgan fingerprint density at radius 2 is 2.29 bits per heavy atom. The van der Waals surface area contributed by atoms with Crippen molar-refractivity contribution in [3.8, 4) is 6.07 Å². The van der Waals surface area contributed by atoms with Crippen molar-refractivity contribution in [1.29, 1.82) is 5.26 Å². The summed E-state index contributed by atoms with van der Waals surface area (Å²) in [5.41, 5.74) is 1.34. The van der Waals surface area contributed by atoms with E-state index in [0.717, 1.165) is 5.56 Å². The summed E-state index contributed by atoms with van der Waals surface area (Å²) >= 11 is 3.21. The molecule has 0 aliphatic carbocycles. The fourth-order valence-electron chi connectivity index (χ4n) is 1.13. The predicted octanol–water partition coefficient (Wildman–Crippen LogP) is 2.73. The van der Waals surface area contributed by atoms with Gasteiger partial charge in [-0.15, -0.1) is 0 Å². The first-order valence-electron chi connectivity index (χ1n) is 3.86. The minimum absolute atomic E-state index is 0.0102. The van der Waals surface area contributed by atoms with Crippen LogP contribution in [0.1, 0.15) is 11.1 Å². The Labute approximate surface area is 89.4 Å². The molecule has 0 radical (unpaired) electrons. The monoisotopic (exact) mass is 254 g/mol. The third-order valence-corrected chi connectivity index (χ3v) is 2.68. The fourth-order valence-corrected chi connectivity index (χ4v) is 1.46. The highest BCUT2D eigenvalue weighted by atomic mass is 79.9. The van der Waals surface area contributed by atoms with E-state index in [0.29, 0.717) is 10.0 Å². The van der Waals surface area contributed by atoms with Crippen LogP contribution in [0.15, 0.2) is 16.6 Å². The molecule has 1 aromatic rings. The summed E-state index contributed by atoms with van der Waals surface area (Å²) in [7, 11) is 0. The highest BCUT2D eigenvalue weighted by Gasteiger charge is 2.15. The van der Waals surface area contributed by atoms with E-state index < -0.39 is 4.92 Å². The Morgan fingerprint density at radius 3 is 2.79 bits per heavy atom. The van der Waals surface area contributed by atoms with Gasteiger partial charge in [0.05, 0.1) is 17.4 Å². The van der Waals surface area contributed by atoms with E-state index in [1.54, 1.807) is 6.07 Å². The van der Waals surface area contributed by atoms with Crippen molar-refractivity contribution in [1.82, 2.24) is 0 Å². The zero-order chi connectivity index (χ0) is 10.7. The molecule has 0 saturated heterocycles. The second-order valence-corrected chi connectivity index (χ2v) is 3.68. The largest absolute Gasteiger partial charge is 0.274 e. The summed E-state index contributed by atoms with van der Waals surface area (Å²) < 4.78 is 0.686. The first-order valence-corrected chi connectivity index (χ1v) is 4.66.